The molecule has 19 heavy (non-hydrogen) atoms. The first-order chi connectivity index (χ1) is 8.80. The molecule has 0 radical (unpaired) electrons. The summed E-state index contributed by atoms with van der Waals surface area (Å²) >= 11 is 7.64. The van der Waals surface area contributed by atoms with Gasteiger partial charge >= 0.3 is 0 Å². The van der Waals surface area contributed by atoms with Gasteiger partial charge in [-0.15, -0.1) is 11.3 Å². The van der Waals surface area contributed by atoms with Crippen LogP contribution < -0.4 is 0 Å². The van der Waals surface area contributed by atoms with Gasteiger partial charge in [-0.1, -0.05) is 18.0 Å². The molecule has 1 heterocycles. The summed E-state index contributed by atoms with van der Waals surface area (Å²) in [4.78, 5) is 0.776. The zero-order chi connectivity index (χ0) is 14.2. The number of hydrogen-bond acceptors (Lipinski definition) is 4. The number of halogens is 1. The molecule has 0 aliphatic heterocycles. The molecule has 0 bridgehead atoms. The number of hydrogen-bond donors (Lipinski definition) is 1. The Kier molecular flexibility index (Phi) is 4.60. The van der Waals surface area contributed by atoms with Crippen molar-refractivity contribution in [1.82, 2.24) is 0 Å². The second-order valence-corrected chi connectivity index (χ2v) is 9.03. The van der Waals surface area contributed by atoms with Gasteiger partial charge in [0.15, 0.2) is 0 Å². The molecule has 1 saturated carbocycles. The van der Waals surface area contributed by atoms with Crippen molar-refractivity contribution in [2.75, 3.05) is 6.26 Å². The summed E-state index contributed by atoms with van der Waals surface area (Å²) in [7, 11) is -3.02. The van der Waals surface area contributed by atoms with Crippen molar-refractivity contribution in [2.45, 2.75) is 44.0 Å². The van der Waals surface area contributed by atoms with Gasteiger partial charge in [0.1, 0.15) is 9.84 Å². The third-order valence-electron chi connectivity index (χ3n) is 3.91. The number of sulfone groups is 1. The zero-order valence-corrected chi connectivity index (χ0v) is 13.5. The Labute approximate surface area is 123 Å². The van der Waals surface area contributed by atoms with Gasteiger partial charge in [0.05, 0.1) is 21.3 Å². The highest BCUT2D eigenvalue weighted by atomic mass is 35.5. The van der Waals surface area contributed by atoms with Crippen molar-refractivity contribution >= 4 is 32.8 Å². The number of aliphatic hydroxyl groups excluding tert-OH is 1. The van der Waals surface area contributed by atoms with E-state index < -0.39 is 15.9 Å². The Morgan fingerprint density at radius 2 is 2.16 bits per heavy atom. The minimum absolute atomic E-state index is 0.0102. The van der Waals surface area contributed by atoms with E-state index in [4.69, 9.17) is 11.6 Å². The number of aliphatic hydroxyl groups is 1. The van der Waals surface area contributed by atoms with E-state index in [0.29, 0.717) is 17.9 Å². The number of thiophene rings is 1. The van der Waals surface area contributed by atoms with Crippen molar-refractivity contribution in [2.24, 2.45) is 5.92 Å². The van der Waals surface area contributed by atoms with Crippen LogP contribution >= 0.6 is 22.9 Å². The molecular weight excluding hydrogens is 304 g/mol. The van der Waals surface area contributed by atoms with Gasteiger partial charge in [0, 0.05) is 6.26 Å². The Morgan fingerprint density at radius 3 is 2.68 bits per heavy atom. The van der Waals surface area contributed by atoms with Crippen LogP contribution in [0.4, 0.5) is 0 Å². The first kappa shape index (κ1) is 15.3. The quantitative estimate of drug-likeness (QED) is 0.928. The standard InChI is InChI=1S/C13H19ClO3S2/c1-8-7-18-13(11(8)14)12(15)9-4-3-5-10(6-9)19(2,16)17/h7,9-10,12,15H,3-6H2,1-2H3. The van der Waals surface area contributed by atoms with Crippen LogP contribution in [0.1, 0.15) is 42.2 Å². The van der Waals surface area contributed by atoms with Gasteiger partial charge in [-0.25, -0.2) is 8.42 Å². The molecule has 3 atom stereocenters. The number of aryl methyl sites for hydroxylation is 1. The molecule has 1 aromatic heterocycles. The molecule has 1 N–H and O–H groups in total. The van der Waals surface area contributed by atoms with Gasteiger partial charge in [-0.3, -0.25) is 0 Å². The van der Waals surface area contributed by atoms with Crippen LogP contribution in [0.3, 0.4) is 0 Å². The highest BCUT2D eigenvalue weighted by Gasteiger charge is 2.34. The molecule has 0 saturated heterocycles. The minimum atomic E-state index is -3.02. The lowest BCUT2D eigenvalue weighted by molar-refractivity contribution is 0.0888. The topological polar surface area (TPSA) is 54.4 Å². The summed E-state index contributed by atoms with van der Waals surface area (Å²) in [6.45, 7) is 1.91. The highest BCUT2D eigenvalue weighted by molar-refractivity contribution is 7.91. The van der Waals surface area contributed by atoms with Crippen LogP contribution in [-0.4, -0.2) is 25.0 Å². The van der Waals surface area contributed by atoms with E-state index in [1.165, 1.54) is 17.6 Å². The fraction of sp³-hybridized carbons (Fsp3) is 0.692. The maximum absolute atomic E-state index is 11.7. The molecule has 0 spiro atoms. The lowest BCUT2D eigenvalue weighted by Gasteiger charge is -2.31. The minimum Gasteiger partial charge on any atom is -0.387 e. The molecule has 1 aliphatic rings. The predicted molar refractivity (Wildman–Crippen MR) is 79.6 cm³/mol. The van der Waals surface area contributed by atoms with E-state index in [9.17, 15) is 13.5 Å². The van der Waals surface area contributed by atoms with E-state index in [0.717, 1.165) is 23.3 Å². The molecule has 1 aliphatic carbocycles. The van der Waals surface area contributed by atoms with Gasteiger partial charge in [-0.2, -0.15) is 0 Å². The van der Waals surface area contributed by atoms with E-state index >= 15 is 0 Å². The van der Waals surface area contributed by atoms with E-state index in [1.807, 2.05) is 12.3 Å². The number of rotatable bonds is 3. The van der Waals surface area contributed by atoms with Crippen molar-refractivity contribution in [1.29, 1.82) is 0 Å². The van der Waals surface area contributed by atoms with Crippen LogP contribution in [0.15, 0.2) is 5.38 Å². The van der Waals surface area contributed by atoms with Gasteiger partial charge < -0.3 is 5.11 Å². The molecule has 0 aromatic carbocycles. The maximum Gasteiger partial charge on any atom is 0.150 e. The molecule has 2 rings (SSSR count). The third kappa shape index (κ3) is 3.32. The Bertz CT molecular complexity index is 550. The van der Waals surface area contributed by atoms with E-state index in [1.54, 1.807) is 0 Å². The van der Waals surface area contributed by atoms with Crippen LogP contribution in [-0.2, 0) is 9.84 Å². The van der Waals surface area contributed by atoms with Crippen molar-refractivity contribution in [3.8, 4) is 0 Å². The average molecular weight is 323 g/mol. The van der Waals surface area contributed by atoms with Gasteiger partial charge in [0.25, 0.3) is 0 Å². The summed E-state index contributed by atoms with van der Waals surface area (Å²) in [6.07, 6.45) is 3.60. The maximum atomic E-state index is 11.7. The molecule has 0 amide bonds. The fourth-order valence-corrected chi connectivity index (χ4v) is 5.29. The van der Waals surface area contributed by atoms with Crippen LogP contribution in [0, 0.1) is 12.8 Å². The molecule has 6 heteroatoms. The highest BCUT2D eigenvalue weighted by Crippen LogP contribution is 2.41. The Morgan fingerprint density at radius 1 is 1.47 bits per heavy atom. The fourth-order valence-electron chi connectivity index (χ4n) is 2.72. The van der Waals surface area contributed by atoms with Crippen molar-refractivity contribution in [3.05, 3.63) is 20.8 Å². The second-order valence-electron chi connectivity index (χ2n) is 5.42. The van der Waals surface area contributed by atoms with E-state index in [-0.39, 0.29) is 11.2 Å². The monoisotopic (exact) mass is 322 g/mol. The lowest BCUT2D eigenvalue weighted by Crippen LogP contribution is -2.30. The summed E-state index contributed by atoms with van der Waals surface area (Å²) in [5.41, 5.74) is 0.969. The first-order valence-electron chi connectivity index (χ1n) is 6.41. The normalized spacial score (nSPS) is 26.3. The predicted octanol–water partition coefficient (Wildman–Crippen LogP) is 3.35. The molecule has 1 aromatic rings. The molecular formula is C13H19ClO3S2. The van der Waals surface area contributed by atoms with Gasteiger partial charge in [-0.05, 0) is 43.0 Å². The molecule has 1 fully saturated rings. The SMILES string of the molecule is Cc1csc(C(O)C2CCCC(S(C)(=O)=O)C2)c1Cl. The summed E-state index contributed by atoms with van der Waals surface area (Å²) in [5.74, 6) is -0.0102. The smallest absolute Gasteiger partial charge is 0.150 e. The molecule has 108 valence electrons. The Balaban J connectivity index is 2.16. The van der Waals surface area contributed by atoms with Gasteiger partial charge in [0.2, 0.25) is 0 Å². The zero-order valence-electron chi connectivity index (χ0n) is 11.1. The summed E-state index contributed by atoms with van der Waals surface area (Å²) in [5, 5.41) is 12.7. The second kappa shape index (κ2) is 5.72. The van der Waals surface area contributed by atoms with Crippen LogP contribution in [0.2, 0.25) is 5.02 Å². The van der Waals surface area contributed by atoms with Crippen molar-refractivity contribution < 1.29 is 13.5 Å². The average Bonchev–Trinajstić information content (AvgIpc) is 2.68. The van der Waals surface area contributed by atoms with Crippen molar-refractivity contribution in [3.63, 3.8) is 0 Å². The molecule has 3 nitrogen and oxygen atoms in total. The van der Waals surface area contributed by atoms with Crippen LogP contribution in [0.25, 0.3) is 0 Å². The van der Waals surface area contributed by atoms with Crippen LogP contribution in [0.5, 0.6) is 0 Å². The van der Waals surface area contributed by atoms with E-state index in [2.05, 4.69) is 0 Å². The summed E-state index contributed by atoms with van der Waals surface area (Å²) in [6, 6.07) is 0. The summed E-state index contributed by atoms with van der Waals surface area (Å²) < 4.78 is 23.3. The Hall–Kier alpha value is -0.100. The largest absolute Gasteiger partial charge is 0.387 e. The third-order valence-corrected chi connectivity index (χ3v) is 7.34. The lowest BCUT2D eigenvalue weighted by atomic mass is 9.84. The first-order valence-corrected chi connectivity index (χ1v) is 9.62. The molecule has 3 unspecified atom stereocenters.